The molecule has 0 N–H and O–H groups in total. The summed E-state index contributed by atoms with van der Waals surface area (Å²) in [6.07, 6.45) is 0. The molecule has 0 aromatic heterocycles. The molecule has 0 amide bonds. The van der Waals surface area contributed by atoms with Crippen molar-refractivity contribution in [2.24, 2.45) is 5.92 Å². The van der Waals surface area contributed by atoms with Gasteiger partial charge in [-0.15, -0.1) is 23.2 Å². The third-order valence-corrected chi connectivity index (χ3v) is 11.9. The van der Waals surface area contributed by atoms with Crippen LogP contribution >= 0.6 is 69.6 Å². The Morgan fingerprint density at radius 3 is 1.76 bits per heavy atom. The largest absolute Gasteiger partial charge is 0.397 e. The minimum Gasteiger partial charge on any atom is -0.397 e. The van der Waals surface area contributed by atoms with Crippen LogP contribution in [-0.4, -0.2) is 36.6 Å². The zero-order valence-electron chi connectivity index (χ0n) is 11.7. The molecule has 0 spiro atoms. The molecule has 0 heterocycles. The Balaban J connectivity index is 2.56. The number of rotatable bonds is 5. The maximum Gasteiger partial charge on any atom is 0.327 e. The highest BCUT2D eigenvalue weighted by Crippen LogP contribution is 2.78. The molecule has 9 heteroatoms. The lowest BCUT2D eigenvalue weighted by atomic mass is 9.93. The summed E-state index contributed by atoms with van der Waals surface area (Å²) in [5, 5.41) is 0.418. The zero-order chi connectivity index (χ0) is 16.2. The van der Waals surface area contributed by atoms with Gasteiger partial charge in [0.25, 0.3) is 0 Å². The van der Waals surface area contributed by atoms with Crippen molar-refractivity contribution in [1.82, 2.24) is 0 Å². The first-order valence-electron chi connectivity index (χ1n) is 6.67. The number of halogens is 6. The number of allylic oxidation sites excluding steroid dienone is 2. The number of fused-ring (bicyclic) bond motifs is 2. The van der Waals surface area contributed by atoms with Gasteiger partial charge in [0.1, 0.15) is 9.75 Å². The van der Waals surface area contributed by atoms with Crippen molar-refractivity contribution in [2.45, 2.75) is 40.4 Å². The van der Waals surface area contributed by atoms with Crippen LogP contribution in [0, 0.1) is 5.92 Å². The normalized spacial score (nSPS) is 41.4. The lowest BCUT2D eigenvalue weighted by Gasteiger charge is -2.38. The minimum absolute atomic E-state index is 0.200. The van der Waals surface area contributed by atoms with Crippen LogP contribution in [0.4, 0.5) is 0 Å². The quantitative estimate of drug-likeness (QED) is 0.442. The fraction of sp³-hybridized carbons (Fsp3) is 0.833. The third kappa shape index (κ3) is 2.19. The minimum atomic E-state index is -2.21. The summed E-state index contributed by atoms with van der Waals surface area (Å²) >= 11 is 39.2. The van der Waals surface area contributed by atoms with Crippen molar-refractivity contribution in [2.75, 3.05) is 13.2 Å². The summed E-state index contributed by atoms with van der Waals surface area (Å²) in [7, 11) is -2.21. The van der Waals surface area contributed by atoms with Gasteiger partial charge in [-0.25, -0.2) is 0 Å². The highest BCUT2D eigenvalue weighted by atomic mass is 35.5. The molecule has 2 aliphatic rings. The number of alkyl halides is 4. The van der Waals surface area contributed by atoms with Gasteiger partial charge in [0, 0.05) is 18.8 Å². The van der Waals surface area contributed by atoms with E-state index in [0.717, 1.165) is 0 Å². The van der Waals surface area contributed by atoms with Crippen LogP contribution in [0.5, 0.6) is 0 Å². The second-order valence-electron chi connectivity index (χ2n) is 5.22. The van der Waals surface area contributed by atoms with Crippen LogP contribution in [0.2, 0.25) is 5.54 Å². The van der Waals surface area contributed by atoms with Gasteiger partial charge < -0.3 is 8.85 Å². The molecule has 2 rings (SSSR count). The number of hydrogen-bond donors (Lipinski definition) is 0. The van der Waals surface area contributed by atoms with Gasteiger partial charge in [-0.1, -0.05) is 53.3 Å². The van der Waals surface area contributed by atoms with Crippen LogP contribution in [-0.2, 0) is 8.85 Å². The van der Waals surface area contributed by atoms with Gasteiger partial charge in [-0.2, -0.15) is 0 Å². The van der Waals surface area contributed by atoms with Gasteiger partial charge in [0.05, 0.1) is 10.1 Å². The molecule has 1 saturated carbocycles. The van der Waals surface area contributed by atoms with Crippen molar-refractivity contribution in [3.05, 3.63) is 10.1 Å². The predicted molar refractivity (Wildman–Crippen MR) is 93.7 cm³/mol. The molecule has 2 bridgehead atoms. The summed E-state index contributed by atoms with van der Waals surface area (Å²) in [5.74, 6) is -0.226. The first kappa shape index (κ1) is 18.9. The van der Waals surface area contributed by atoms with Gasteiger partial charge in [-0.05, 0) is 19.8 Å². The number of hydrogen-bond acceptors (Lipinski definition) is 2. The molecule has 0 radical (unpaired) electrons. The van der Waals surface area contributed by atoms with Crippen molar-refractivity contribution >= 4 is 78.9 Å². The van der Waals surface area contributed by atoms with Gasteiger partial charge in [0.15, 0.2) is 4.33 Å². The van der Waals surface area contributed by atoms with E-state index in [4.69, 9.17) is 78.5 Å². The summed E-state index contributed by atoms with van der Waals surface area (Å²) in [5.41, 5.74) is -0.290. The SMILES string of the molecule is CCO[SiH](OCC)C1C(C)C2(Cl)C(Cl)=C(Cl)C1(Cl)C2(Cl)Cl. The van der Waals surface area contributed by atoms with E-state index in [-0.39, 0.29) is 21.5 Å². The Kier molecular flexibility index (Phi) is 5.56. The zero-order valence-corrected chi connectivity index (χ0v) is 17.4. The fourth-order valence-electron chi connectivity index (χ4n) is 3.30. The summed E-state index contributed by atoms with van der Waals surface area (Å²) < 4.78 is 10.1. The van der Waals surface area contributed by atoms with E-state index in [0.29, 0.717) is 13.2 Å². The standard InChI is InChI=1S/C12H16Cl6O2Si/c1-4-19-21(20-5-2)9-6(3)10(15)7(13)8(14)11(9,16)12(10,17)18/h6,9,21H,4-5H2,1-3H3. The summed E-state index contributed by atoms with van der Waals surface area (Å²) in [6, 6.07) is 0. The molecule has 21 heavy (non-hydrogen) atoms. The molecule has 0 aliphatic heterocycles. The van der Waals surface area contributed by atoms with Crippen LogP contribution in [0.15, 0.2) is 10.1 Å². The highest BCUT2D eigenvalue weighted by molar-refractivity contribution is 6.68. The Labute approximate surface area is 156 Å². The smallest absolute Gasteiger partial charge is 0.327 e. The third-order valence-electron chi connectivity index (χ3n) is 4.33. The Morgan fingerprint density at radius 2 is 1.38 bits per heavy atom. The van der Waals surface area contributed by atoms with E-state index < -0.39 is 23.4 Å². The van der Waals surface area contributed by atoms with Gasteiger partial charge in [0.2, 0.25) is 0 Å². The topological polar surface area (TPSA) is 18.5 Å². The summed E-state index contributed by atoms with van der Waals surface area (Å²) in [4.78, 5) is -2.53. The Bertz CT molecular complexity index is 467. The maximum absolute atomic E-state index is 6.80. The van der Waals surface area contributed by atoms with Crippen LogP contribution in [0.25, 0.3) is 0 Å². The van der Waals surface area contributed by atoms with Crippen LogP contribution < -0.4 is 0 Å². The molecule has 4 atom stereocenters. The van der Waals surface area contributed by atoms with E-state index in [1.165, 1.54) is 0 Å². The predicted octanol–water partition coefficient (Wildman–Crippen LogP) is 5.13. The van der Waals surface area contributed by atoms with Gasteiger partial charge in [-0.3, -0.25) is 0 Å². The molecule has 0 aromatic rings. The van der Waals surface area contributed by atoms with E-state index in [9.17, 15) is 0 Å². The molecule has 122 valence electrons. The monoisotopic (exact) mass is 430 g/mol. The molecule has 2 nitrogen and oxygen atoms in total. The molecular formula is C12H16Cl6O2Si. The Hall–Kier alpha value is 1.62. The van der Waals surface area contributed by atoms with E-state index in [2.05, 4.69) is 0 Å². The molecule has 2 aliphatic carbocycles. The summed E-state index contributed by atoms with van der Waals surface area (Å²) in [6.45, 7) is 6.72. The maximum atomic E-state index is 6.80. The average Bonchev–Trinajstić information content (AvgIpc) is 2.60. The van der Waals surface area contributed by atoms with Crippen LogP contribution in [0.1, 0.15) is 20.8 Å². The fourth-order valence-corrected chi connectivity index (χ4v) is 9.77. The highest BCUT2D eigenvalue weighted by Gasteiger charge is 2.82. The van der Waals surface area contributed by atoms with E-state index in [1.807, 2.05) is 20.8 Å². The van der Waals surface area contributed by atoms with Crippen molar-refractivity contribution < 1.29 is 8.85 Å². The molecule has 0 aromatic carbocycles. The molecule has 4 unspecified atom stereocenters. The Morgan fingerprint density at radius 1 is 0.952 bits per heavy atom. The lowest BCUT2D eigenvalue weighted by molar-refractivity contribution is 0.194. The van der Waals surface area contributed by atoms with E-state index >= 15 is 0 Å². The lowest BCUT2D eigenvalue weighted by Crippen LogP contribution is -2.47. The van der Waals surface area contributed by atoms with Crippen molar-refractivity contribution in [3.8, 4) is 0 Å². The van der Waals surface area contributed by atoms with E-state index in [1.54, 1.807) is 0 Å². The second kappa shape index (κ2) is 6.16. The van der Waals surface area contributed by atoms with Gasteiger partial charge >= 0.3 is 9.28 Å². The molecule has 1 fully saturated rings. The van der Waals surface area contributed by atoms with Crippen molar-refractivity contribution in [1.29, 1.82) is 0 Å². The molecule has 0 saturated heterocycles. The van der Waals surface area contributed by atoms with Crippen molar-refractivity contribution in [3.63, 3.8) is 0 Å². The van der Waals surface area contributed by atoms with Crippen LogP contribution in [0.3, 0.4) is 0 Å². The second-order valence-corrected chi connectivity index (χ2v) is 10.6. The average molecular weight is 433 g/mol. The first-order valence-corrected chi connectivity index (χ1v) is 10.5. The first-order chi connectivity index (χ1) is 9.62. The molecular weight excluding hydrogens is 417 g/mol.